The van der Waals surface area contributed by atoms with Gasteiger partial charge in [0.2, 0.25) is 0 Å². The first-order valence-corrected chi connectivity index (χ1v) is 6.57. The molecule has 0 bridgehead atoms. The second-order valence-electron chi connectivity index (χ2n) is 4.78. The summed E-state index contributed by atoms with van der Waals surface area (Å²) >= 11 is 0. The van der Waals surface area contributed by atoms with E-state index in [9.17, 15) is 5.11 Å². The number of hydrogen-bond donors (Lipinski definition) is 1. The van der Waals surface area contributed by atoms with Crippen molar-refractivity contribution in [1.82, 2.24) is 0 Å². The van der Waals surface area contributed by atoms with Crippen LogP contribution in [-0.4, -0.2) is 18.3 Å². The summed E-state index contributed by atoms with van der Waals surface area (Å²) in [6.45, 7) is 1.83. The van der Waals surface area contributed by atoms with Crippen LogP contribution in [0.25, 0.3) is 0 Å². The Labute approximate surface area is 114 Å². The highest BCUT2D eigenvalue weighted by atomic mass is 16.5. The van der Waals surface area contributed by atoms with Crippen LogP contribution in [0.3, 0.4) is 0 Å². The summed E-state index contributed by atoms with van der Waals surface area (Å²) in [7, 11) is 1.67. The van der Waals surface area contributed by atoms with E-state index in [4.69, 9.17) is 4.74 Å². The van der Waals surface area contributed by atoms with Gasteiger partial charge in [0.25, 0.3) is 0 Å². The third-order valence-electron chi connectivity index (χ3n) is 3.42. The van der Waals surface area contributed by atoms with Gasteiger partial charge in [-0.05, 0) is 25.0 Å². The molecule has 2 nitrogen and oxygen atoms in total. The molecular formula is C17H20O2. The number of para-hydroxylation sites is 1. The minimum Gasteiger partial charge on any atom is -0.496 e. The van der Waals surface area contributed by atoms with Crippen molar-refractivity contribution in [2.45, 2.75) is 25.4 Å². The maximum absolute atomic E-state index is 10.1. The maximum atomic E-state index is 10.1. The first-order valence-electron chi connectivity index (χ1n) is 6.57. The number of hydrogen-bond acceptors (Lipinski definition) is 2. The monoisotopic (exact) mass is 256 g/mol. The van der Waals surface area contributed by atoms with Crippen molar-refractivity contribution >= 4 is 0 Å². The number of rotatable bonds is 5. The van der Waals surface area contributed by atoms with Crippen molar-refractivity contribution in [3.8, 4) is 5.75 Å². The lowest BCUT2D eigenvalue weighted by molar-refractivity contribution is 0.160. The first-order chi connectivity index (χ1) is 9.22. The van der Waals surface area contributed by atoms with Crippen molar-refractivity contribution in [3.05, 3.63) is 65.7 Å². The van der Waals surface area contributed by atoms with Crippen LogP contribution in [0.2, 0.25) is 0 Å². The largest absolute Gasteiger partial charge is 0.496 e. The summed E-state index contributed by atoms with van der Waals surface area (Å²) < 4.78 is 5.40. The van der Waals surface area contributed by atoms with Gasteiger partial charge in [-0.2, -0.15) is 0 Å². The highest BCUT2D eigenvalue weighted by Crippen LogP contribution is 2.31. The van der Waals surface area contributed by atoms with Crippen molar-refractivity contribution in [2.75, 3.05) is 7.11 Å². The van der Waals surface area contributed by atoms with Crippen LogP contribution in [0.4, 0.5) is 0 Å². The lowest BCUT2D eigenvalue weighted by Crippen LogP contribution is -2.18. The molecule has 100 valence electrons. The fourth-order valence-corrected chi connectivity index (χ4v) is 2.38. The van der Waals surface area contributed by atoms with Crippen molar-refractivity contribution < 1.29 is 9.84 Å². The fourth-order valence-electron chi connectivity index (χ4n) is 2.38. The van der Waals surface area contributed by atoms with Crippen LogP contribution in [0.1, 0.15) is 24.0 Å². The molecule has 0 aliphatic carbocycles. The van der Waals surface area contributed by atoms with E-state index in [2.05, 4.69) is 12.1 Å². The Bertz CT molecular complexity index is 506. The molecule has 0 spiro atoms. The van der Waals surface area contributed by atoms with E-state index in [1.165, 1.54) is 5.56 Å². The molecule has 1 N–H and O–H groups in total. The topological polar surface area (TPSA) is 29.5 Å². The van der Waals surface area contributed by atoms with E-state index in [0.717, 1.165) is 17.7 Å². The Morgan fingerprint density at radius 1 is 1.00 bits per heavy atom. The maximum Gasteiger partial charge on any atom is 0.122 e. The van der Waals surface area contributed by atoms with Crippen molar-refractivity contribution in [3.63, 3.8) is 0 Å². The fraction of sp³-hybridized carbons (Fsp3) is 0.294. The average molecular weight is 256 g/mol. The Morgan fingerprint density at radius 3 is 2.26 bits per heavy atom. The van der Waals surface area contributed by atoms with Crippen LogP contribution in [0, 0.1) is 0 Å². The number of benzene rings is 2. The van der Waals surface area contributed by atoms with Gasteiger partial charge in [-0.3, -0.25) is 0 Å². The summed E-state index contributed by atoms with van der Waals surface area (Å²) in [5.74, 6) is 0.878. The molecule has 0 heterocycles. The second kappa shape index (κ2) is 6.39. The van der Waals surface area contributed by atoms with Gasteiger partial charge in [0.05, 0.1) is 13.2 Å². The van der Waals surface area contributed by atoms with Gasteiger partial charge in [0.1, 0.15) is 5.75 Å². The van der Waals surface area contributed by atoms with Gasteiger partial charge in [-0.15, -0.1) is 0 Å². The third kappa shape index (κ3) is 3.36. The van der Waals surface area contributed by atoms with Gasteiger partial charge in [-0.25, -0.2) is 0 Å². The minimum absolute atomic E-state index is 0.0403. The lowest BCUT2D eigenvalue weighted by atomic mass is 9.87. The molecule has 0 amide bonds. The molecule has 2 heteroatoms. The predicted octanol–water partition coefficient (Wildman–Crippen LogP) is 3.40. The van der Waals surface area contributed by atoms with Crippen LogP contribution in [-0.2, 0) is 6.42 Å². The molecule has 0 radical (unpaired) electrons. The minimum atomic E-state index is -0.420. The molecule has 2 rings (SSSR count). The van der Waals surface area contributed by atoms with Crippen LogP contribution < -0.4 is 4.74 Å². The van der Waals surface area contributed by atoms with E-state index in [0.29, 0.717) is 0 Å². The summed E-state index contributed by atoms with van der Waals surface area (Å²) in [5.41, 5.74) is 2.28. The smallest absolute Gasteiger partial charge is 0.122 e. The zero-order valence-corrected chi connectivity index (χ0v) is 11.4. The van der Waals surface area contributed by atoms with Crippen LogP contribution in [0.15, 0.2) is 54.6 Å². The molecular weight excluding hydrogens is 236 g/mol. The molecule has 0 saturated carbocycles. The highest BCUT2D eigenvalue weighted by Gasteiger charge is 2.21. The van der Waals surface area contributed by atoms with Crippen LogP contribution in [0.5, 0.6) is 5.75 Å². The normalized spacial score (nSPS) is 13.8. The molecule has 2 atom stereocenters. The Kier molecular flexibility index (Phi) is 4.58. The van der Waals surface area contributed by atoms with Gasteiger partial charge in [0, 0.05) is 11.5 Å². The lowest BCUT2D eigenvalue weighted by Gasteiger charge is -2.22. The first kappa shape index (κ1) is 13.6. The molecule has 0 fully saturated rings. The number of aliphatic hydroxyl groups excluding tert-OH is 1. The van der Waals surface area contributed by atoms with E-state index in [-0.39, 0.29) is 5.92 Å². The molecule has 2 aromatic rings. The van der Waals surface area contributed by atoms with Gasteiger partial charge < -0.3 is 9.84 Å². The summed E-state index contributed by atoms with van der Waals surface area (Å²) in [4.78, 5) is 0. The van der Waals surface area contributed by atoms with E-state index >= 15 is 0 Å². The Hall–Kier alpha value is -1.80. The summed E-state index contributed by atoms with van der Waals surface area (Å²) in [6.07, 6.45) is 0.385. The Balaban J connectivity index is 2.30. The molecule has 0 saturated heterocycles. The zero-order valence-electron chi connectivity index (χ0n) is 11.4. The van der Waals surface area contributed by atoms with E-state index in [1.807, 2.05) is 49.4 Å². The van der Waals surface area contributed by atoms with Crippen molar-refractivity contribution in [1.29, 1.82) is 0 Å². The number of ether oxygens (including phenoxy) is 1. The summed E-state index contributed by atoms with van der Waals surface area (Å²) in [6, 6.07) is 18.1. The quantitative estimate of drug-likeness (QED) is 0.888. The predicted molar refractivity (Wildman–Crippen MR) is 77.6 cm³/mol. The average Bonchev–Trinajstić information content (AvgIpc) is 2.45. The number of methoxy groups -OCH3 is 1. The Morgan fingerprint density at radius 2 is 1.63 bits per heavy atom. The summed E-state index contributed by atoms with van der Waals surface area (Å²) in [5, 5.41) is 10.1. The highest BCUT2D eigenvalue weighted by molar-refractivity contribution is 5.38. The molecule has 2 aromatic carbocycles. The van der Waals surface area contributed by atoms with Crippen LogP contribution >= 0.6 is 0 Å². The SMILES string of the molecule is COc1ccccc1C(Cc1ccccc1)C(C)O. The molecule has 19 heavy (non-hydrogen) atoms. The standard InChI is InChI=1S/C17H20O2/c1-13(18)16(12-14-8-4-3-5-9-14)15-10-6-7-11-17(15)19-2/h3-11,13,16,18H,12H2,1-2H3. The van der Waals surface area contributed by atoms with E-state index in [1.54, 1.807) is 7.11 Å². The molecule has 2 unspecified atom stereocenters. The molecule has 0 aromatic heterocycles. The molecule has 0 aliphatic heterocycles. The van der Waals surface area contributed by atoms with Gasteiger partial charge in [-0.1, -0.05) is 48.5 Å². The van der Waals surface area contributed by atoms with E-state index < -0.39 is 6.10 Å². The molecule has 0 aliphatic rings. The van der Waals surface area contributed by atoms with Gasteiger partial charge >= 0.3 is 0 Å². The zero-order chi connectivity index (χ0) is 13.7. The number of aliphatic hydroxyl groups is 1. The van der Waals surface area contributed by atoms with Gasteiger partial charge in [0.15, 0.2) is 0 Å². The second-order valence-corrected chi connectivity index (χ2v) is 4.78. The van der Waals surface area contributed by atoms with Crippen molar-refractivity contribution in [2.24, 2.45) is 0 Å². The third-order valence-corrected chi connectivity index (χ3v) is 3.42.